The van der Waals surface area contributed by atoms with Gasteiger partial charge in [-0.05, 0) is 18.2 Å². The van der Waals surface area contributed by atoms with E-state index in [9.17, 15) is 13.5 Å². The predicted octanol–water partition coefficient (Wildman–Crippen LogP) is 0.923. The standard InChI is InChI=1S/C10H14BrNO5S/c1-12(18(14,15)16)6-9(13)7-17-10-4-2-3-8(11)5-10/h2-5,9,13H,6-7H2,1H3,(H,14,15,16)/t9-/m1/s1. The highest BCUT2D eigenvalue weighted by molar-refractivity contribution is 9.10. The first-order valence-electron chi connectivity index (χ1n) is 5.04. The van der Waals surface area contributed by atoms with Crippen LogP contribution in [0.15, 0.2) is 28.7 Å². The molecule has 1 rings (SSSR count). The van der Waals surface area contributed by atoms with Crippen molar-refractivity contribution in [1.82, 2.24) is 4.31 Å². The second kappa shape index (κ2) is 6.48. The molecule has 0 spiro atoms. The summed E-state index contributed by atoms with van der Waals surface area (Å²) in [6.07, 6.45) is -1.03. The molecule has 0 heterocycles. The lowest BCUT2D eigenvalue weighted by molar-refractivity contribution is 0.0918. The molecule has 0 fully saturated rings. The van der Waals surface area contributed by atoms with Gasteiger partial charge in [0.1, 0.15) is 18.5 Å². The molecule has 18 heavy (non-hydrogen) atoms. The van der Waals surface area contributed by atoms with Crippen LogP contribution in [-0.4, -0.2) is 48.7 Å². The van der Waals surface area contributed by atoms with E-state index >= 15 is 0 Å². The van der Waals surface area contributed by atoms with Gasteiger partial charge in [0.05, 0.1) is 0 Å². The van der Waals surface area contributed by atoms with Crippen LogP contribution in [0.4, 0.5) is 0 Å². The lowest BCUT2D eigenvalue weighted by Gasteiger charge is -2.17. The van der Waals surface area contributed by atoms with Gasteiger partial charge >= 0.3 is 10.3 Å². The molecule has 102 valence electrons. The normalized spacial score (nSPS) is 13.6. The van der Waals surface area contributed by atoms with Crippen LogP contribution in [0.3, 0.4) is 0 Å². The van der Waals surface area contributed by atoms with Crippen LogP contribution in [0, 0.1) is 0 Å². The zero-order chi connectivity index (χ0) is 13.8. The summed E-state index contributed by atoms with van der Waals surface area (Å²) in [6.45, 7) is -0.316. The molecule has 1 aromatic rings. The van der Waals surface area contributed by atoms with Gasteiger partial charge in [0.25, 0.3) is 0 Å². The molecule has 0 aliphatic rings. The molecular formula is C10H14BrNO5S. The molecule has 0 bridgehead atoms. The van der Waals surface area contributed by atoms with Crippen molar-refractivity contribution in [3.63, 3.8) is 0 Å². The highest BCUT2D eigenvalue weighted by atomic mass is 79.9. The van der Waals surface area contributed by atoms with Crippen LogP contribution < -0.4 is 4.74 Å². The highest BCUT2D eigenvalue weighted by Gasteiger charge is 2.18. The molecule has 2 N–H and O–H groups in total. The van der Waals surface area contributed by atoms with Gasteiger partial charge < -0.3 is 9.84 Å². The van der Waals surface area contributed by atoms with Gasteiger partial charge in [-0.15, -0.1) is 0 Å². The molecule has 0 unspecified atom stereocenters. The molecular weight excluding hydrogens is 326 g/mol. The zero-order valence-electron chi connectivity index (χ0n) is 9.65. The third-order valence-electron chi connectivity index (χ3n) is 2.10. The summed E-state index contributed by atoms with van der Waals surface area (Å²) >= 11 is 3.27. The number of benzene rings is 1. The van der Waals surface area contributed by atoms with Gasteiger partial charge in [-0.25, -0.2) is 0 Å². The monoisotopic (exact) mass is 339 g/mol. The Bertz CT molecular complexity index is 493. The molecule has 0 amide bonds. The lowest BCUT2D eigenvalue weighted by Crippen LogP contribution is -2.36. The molecule has 1 aromatic carbocycles. The number of nitrogens with zero attached hydrogens (tertiary/aromatic N) is 1. The van der Waals surface area contributed by atoms with E-state index in [1.807, 2.05) is 6.07 Å². The van der Waals surface area contributed by atoms with Crippen molar-refractivity contribution in [2.24, 2.45) is 0 Å². The summed E-state index contributed by atoms with van der Waals surface area (Å²) in [5, 5.41) is 9.56. The maximum Gasteiger partial charge on any atom is 0.335 e. The maximum atomic E-state index is 10.7. The van der Waals surface area contributed by atoms with Crippen LogP contribution in [0.5, 0.6) is 5.75 Å². The minimum Gasteiger partial charge on any atom is -0.491 e. The van der Waals surface area contributed by atoms with Crippen molar-refractivity contribution in [1.29, 1.82) is 0 Å². The molecule has 0 aliphatic heterocycles. The van der Waals surface area contributed by atoms with Crippen molar-refractivity contribution in [2.75, 3.05) is 20.2 Å². The number of halogens is 1. The van der Waals surface area contributed by atoms with Crippen molar-refractivity contribution < 1.29 is 22.8 Å². The first-order chi connectivity index (χ1) is 8.29. The van der Waals surface area contributed by atoms with Gasteiger partial charge in [-0.1, -0.05) is 22.0 Å². The highest BCUT2D eigenvalue weighted by Crippen LogP contribution is 2.17. The minimum absolute atomic E-state index is 0.0731. The van der Waals surface area contributed by atoms with Gasteiger partial charge in [0, 0.05) is 18.1 Å². The summed E-state index contributed by atoms with van der Waals surface area (Å²) in [4.78, 5) is 0. The average Bonchev–Trinajstić information content (AvgIpc) is 2.25. The second-order valence-corrected chi connectivity index (χ2v) is 6.12. The molecule has 0 radical (unpaired) electrons. The summed E-state index contributed by atoms with van der Waals surface area (Å²) in [7, 11) is -3.11. The Morgan fingerprint density at radius 2 is 2.17 bits per heavy atom. The number of rotatable bonds is 6. The van der Waals surface area contributed by atoms with Crippen LogP contribution in [0.2, 0.25) is 0 Å². The summed E-state index contributed by atoms with van der Waals surface area (Å²) in [5.41, 5.74) is 0. The van der Waals surface area contributed by atoms with E-state index in [1.165, 1.54) is 0 Å². The molecule has 1 atom stereocenters. The largest absolute Gasteiger partial charge is 0.491 e. The molecule has 0 aliphatic carbocycles. The Hall–Kier alpha value is -0.670. The van der Waals surface area contributed by atoms with Gasteiger partial charge in [0.2, 0.25) is 0 Å². The fourth-order valence-electron chi connectivity index (χ4n) is 1.19. The van der Waals surface area contributed by atoms with E-state index in [-0.39, 0.29) is 13.2 Å². The number of aliphatic hydroxyl groups excluding tert-OH is 1. The number of hydrogen-bond donors (Lipinski definition) is 2. The van der Waals surface area contributed by atoms with Crippen LogP contribution in [0.25, 0.3) is 0 Å². The van der Waals surface area contributed by atoms with Gasteiger partial charge in [-0.3, -0.25) is 4.55 Å². The van der Waals surface area contributed by atoms with Crippen LogP contribution in [0.1, 0.15) is 0 Å². The Morgan fingerprint density at radius 3 is 2.72 bits per heavy atom. The van der Waals surface area contributed by atoms with E-state index in [0.29, 0.717) is 10.1 Å². The van der Waals surface area contributed by atoms with Crippen molar-refractivity contribution in [3.05, 3.63) is 28.7 Å². The summed E-state index contributed by atoms with van der Waals surface area (Å²) in [6, 6.07) is 7.04. The zero-order valence-corrected chi connectivity index (χ0v) is 12.1. The number of aliphatic hydroxyl groups is 1. The van der Waals surface area contributed by atoms with Crippen molar-refractivity contribution >= 4 is 26.2 Å². The number of hydrogen-bond acceptors (Lipinski definition) is 4. The molecule has 0 saturated carbocycles. The third kappa shape index (κ3) is 5.32. The number of ether oxygens (including phenoxy) is 1. The van der Waals surface area contributed by atoms with Crippen LogP contribution in [-0.2, 0) is 10.3 Å². The molecule has 6 nitrogen and oxygen atoms in total. The van der Waals surface area contributed by atoms with Gasteiger partial charge in [0.15, 0.2) is 0 Å². The molecule has 0 aromatic heterocycles. The van der Waals surface area contributed by atoms with Crippen LogP contribution >= 0.6 is 15.9 Å². The topological polar surface area (TPSA) is 87.1 Å². The fraction of sp³-hybridized carbons (Fsp3) is 0.400. The Labute approximate surface area is 114 Å². The second-order valence-electron chi connectivity index (χ2n) is 3.68. The molecule has 0 saturated heterocycles. The average molecular weight is 340 g/mol. The van der Waals surface area contributed by atoms with E-state index in [4.69, 9.17) is 9.29 Å². The SMILES string of the molecule is CN(C[C@@H](O)COc1cccc(Br)c1)S(=O)(=O)O. The van der Waals surface area contributed by atoms with Gasteiger partial charge in [-0.2, -0.15) is 12.7 Å². The van der Waals surface area contributed by atoms with E-state index in [0.717, 1.165) is 11.5 Å². The minimum atomic E-state index is -4.28. The Balaban J connectivity index is 2.44. The van der Waals surface area contributed by atoms with Crippen molar-refractivity contribution in [2.45, 2.75) is 6.10 Å². The predicted molar refractivity (Wildman–Crippen MR) is 69.8 cm³/mol. The maximum absolute atomic E-state index is 10.7. The van der Waals surface area contributed by atoms with E-state index < -0.39 is 16.4 Å². The Morgan fingerprint density at radius 1 is 1.50 bits per heavy atom. The smallest absolute Gasteiger partial charge is 0.335 e. The summed E-state index contributed by atoms with van der Waals surface area (Å²) in [5.74, 6) is 0.554. The summed E-state index contributed by atoms with van der Waals surface area (Å²) < 4.78 is 36.9. The quantitative estimate of drug-likeness (QED) is 0.752. The first kappa shape index (κ1) is 15.4. The van der Waals surface area contributed by atoms with E-state index in [1.54, 1.807) is 18.2 Å². The third-order valence-corrected chi connectivity index (χ3v) is 3.53. The Kier molecular flexibility index (Phi) is 5.54. The van der Waals surface area contributed by atoms with E-state index in [2.05, 4.69) is 15.9 Å². The first-order valence-corrected chi connectivity index (χ1v) is 7.23. The van der Waals surface area contributed by atoms with Crippen molar-refractivity contribution in [3.8, 4) is 5.75 Å². The fourth-order valence-corrected chi connectivity index (χ4v) is 1.93. The lowest BCUT2D eigenvalue weighted by atomic mass is 10.3. The molecule has 8 heteroatoms. The number of likely N-dealkylation sites (N-methyl/N-ethyl adjacent to an activating group) is 1.